The summed E-state index contributed by atoms with van der Waals surface area (Å²) in [4.78, 5) is 26.7. The number of piperidine rings is 1. The van der Waals surface area contributed by atoms with Crippen LogP contribution in [0.25, 0.3) is 11.3 Å². The molecular weight excluding hydrogens is 535 g/mol. The molecular formula is C30H32F3N5O3. The molecule has 0 radical (unpaired) electrons. The van der Waals surface area contributed by atoms with E-state index in [2.05, 4.69) is 10.3 Å². The Morgan fingerprint density at radius 3 is 2.54 bits per heavy atom. The molecule has 1 N–H and O–H groups in total. The topological polar surface area (TPSA) is 79.8 Å². The summed E-state index contributed by atoms with van der Waals surface area (Å²) in [6.07, 6.45) is -1.74. The monoisotopic (exact) mass is 567 g/mol. The van der Waals surface area contributed by atoms with Gasteiger partial charge in [-0.15, -0.1) is 0 Å². The van der Waals surface area contributed by atoms with Crippen molar-refractivity contribution in [1.82, 2.24) is 20.2 Å². The minimum atomic E-state index is -4.55. The van der Waals surface area contributed by atoms with Gasteiger partial charge in [-0.2, -0.15) is 13.2 Å². The lowest BCUT2D eigenvalue weighted by Gasteiger charge is -2.51. The Bertz CT molecular complexity index is 1450. The fourth-order valence-corrected chi connectivity index (χ4v) is 6.29. The quantitative estimate of drug-likeness (QED) is 0.469. The Morgan fingerprint density at radius 2 is 1.88 bits per heavy atom. The smallest absolute Gasteiger partial charge is 0.421 e. The first kappa shape index (κ1) is 27.3. The lowest BCUT2D eigenvalue weighted by molar-refractivity contribution is -0.138. The molecule has 0 saturated carbocycles. The van der Waals surface area contributed by atoms with E-state index in [1.165, 1.54) is 19.2 Å². The number of hydrogen-bond acceptors (Lipinski definition) is 7. The molecule has 1 spiro atoms. The minimum Gasteiger partial charge on any atom is -0.496 e. The van der Waals surface area contributed by atoms with Crippen molar-refractivity contribution in [1.29, 1.82) is 0 Å². The zero-order valence-electron chi connectivity index (χ0n) is 23.0. The van der Waals surface area contributed by atoms with E-state index in [9.17, 15) is 18.0 Å². The summed E-state index contributed by atoms with van der Waals surface area (Å²) in [5.41, 5.74) is 1.50. The average molecular weight is 568 g/mol. The minimum absolute atomic E-state index is 0.0589. The van der Waals surface area contributed by atoms with Gasteiger partial charge in [0.05, 0.1) is 36.7 Å². The molecule has 5 heterocycles. The summed E-state index contributed by atoms with van der Waals surface area (Å²) in [6.45, 7) is 5.06. The number of ether oxygens (including phenoxy) is 2. The highest BCUT2D eigenvalue weighted by molar-refractivity contribution is 5.96. The third-order valence-electron chi connectivity index (χ3n) is 8.50. The first-order chi connectivity index (χ1) is 19.8. The predicted octanol–water partition coefficient (Wildman–Crippen LogP) is 4.54. The second-order valence-electron chi connectivity index (χ2n) is 10.7. The highest BCUT2D eigenvalue weighted by Gasteiger charge is 2.49. The van der Waals surface area contributed by atoms with Crippen LogP contribution in [0.4, 0.5) is 18.9 Å². The van der Waals surface area contributed by atoms with E-state index in [1.54, 1.807) is 23.2 Å². The second kappa shape index (κ2) is 10.5. The molecule has 0 bridgehead atoms. The molecule has 2 saturated heterocycles. The zero-order valence-corrected chi connectivity index (χ0v) is 23.0. The first-order valence-corrected chi connectivity index (χ1v) is 13.9. The van der Waals surface area contributed by atoms with Gasteiger partial charge in [0.2, 0.25) is 5.88 Å². The summed E-state index contributed by atoms with van der Waals surface area (Å²) in [5, 5.41) is 3.25. The van der Waals surface area contributed by atoms with E-state index in [0.717, 1.165) is 5.56 Å². The number of aromatic nitrogens is 2. The molecule has 1 amide bonds. The lowest BCUT2D eigenvalue weighted by Crippen LogP contribution is -2.64. The Hall–Kier alpha value is -3.86. The van der Waals surface area contributed by atoms with E-state index in [4.69, 9.17) is 14.5 Å². The number of pyridine rings is 2. The molecule has 216 valence electrons. The molecule has 2 aromatic heterocycles. The van der Waals surface area contributed by atoms with E-state index >= 15 is 0 Å². The molecule has 2 fully saturated rings. The summed E-state index contributed by atoms with van der Waals surface area (Å²) in [5.74, 6) is 0.147. The number of nitrogens with zero attached hydrogens (tertiary/aromatic N) is 4. The Balaban J connectivity index is 1.37. The molecule has 1 aromatic carbocycles. The standard InChI is InChI=1S/C30H32F3N5O3/c1-3-41-27-20(6-5-13-35-27)22-10-9-21-26(36-22)28(39)38(19-16-34-17-19)18-29(21)11-14-37(15-12-29)23-7-4-8-24(40-2)25(23)30(31,32)33/h4-10,13,19,34H,3,11-12,14-18H2,1-2H3. The third-order valence-corrected chi connectivity index (χ3v) is 8.50. The van der Waals surface area contributed by atoms with E-state index in [0.29, 0.717) is 75.0 Å². The van der Waals surface area contributed by atoms with Crippen LogP contribution in [0, 0.1) is 0 Å². The summed E-state index contributed by atoms with van der Waals surface area (Å²) in [6, 6.07) is 12.0. The van der Waals surface area contributed by atoms with Gasteiger partial charge in [-0.25, -0.2) is 9.97 Å². The number of anilines is 1. The number of rotatable bonds is 6. The van der Waals surface area contributed by atoms with Gasteiger partial charge in [-0.1, -0.05) is 12.1 Å². The maximum atomic E-state index is 14.1. The van der Waals surface area contributed by atoms with Crippen LogP contribution in [-0.2, 0) is 11.6 Å². The van der Waals surface area contributed by atoms with Gasteiger partial charge in [0.1, 0.15) is 17.0 Å². The molecule has 41 heavy (non-hydrogen) atoms. The highest BCUT2D eigenvalue weighted by atomic mass is 19.4. The van der Waals surface area contributed by atoms with Crippen molar-refractivity contribution in [3.63, 3.8) is 0 Å². The van der Waals surface area contributed by atoms with Crippen LogP contribution in [0.15, 0.2) is 48.7 Å². The number of hydrogen-bond donors (Lipinski definition) is 1. The number of benzene rings is 1. The van der Waals surface area contributed by atoms with Crippen molar-refractivity contribution in [3.05, 3.63) is 65.5 Å². The van der Waals surface area contributed by atoms with Crippen molar-refractivity contribution in [3.8, 4) is 22.9 Å². The zero-order chi connectivity index (χ0) is 28.8. The number of amides is 1. The van der Waals surface area contributed by atoms with Crippen LogP contribution >= 0.6 is 0 Å². The van der Waals surface area contributed by atoms with Gasteiger partial charge in [0.25, 0.3) is 5.91 Å². The fraction of sp³-hybridized carbons (Fsp3) is 0.433. The summed E-state index contributed by atoms with van der Waals surface area (Å²) >= 11 is 0. The average Bonchev–Trinajstić information content (AvgIpc) is 2.94. The molecule has 3 aliphatic heterocycles. The number of halogens is 3. The number of carbonyl (C=O) groups excluding carboxylic acids is 1. The van der Waals surface area contributed by atoms with E-state index < -0.39 is 17.2 Å². The molecule has 3 aliphatic rings. The SMILES string of the molecule is CCOc1ncccc1-c1ccc2c(n1)C(=O)N(C1CNC1)CC21CCN(c2cccc(OC)c2C(F)(F)F)CC1. The molecule has 6 rings (SSSR count). The van der Waals surface area contributed by atoms with Crippen LogP contribution < -0.4 is 19.7 Å². The van der Waals surface area contributed by atoms with E-state index in [1.807, 2.05) is 30.0 Å². The molecule has 0 atom stereocenters. The van der Waals surface area contributed by atoms with Crippen molar-refractivity contribution < 1.29 is 27.4 Å². The van der Waals surface area contributed by atoms with Gasteiger partial charge in [-0.05, 0) is 55.7 Å². The Labute approximate surface area is 236 Å². The second-order valence-corrected chi connectivity index (χ2v) is 10.7. The molecule has 3 aromatic rings. The maximum Gasteiger partial charge on any atom is 0.421 e. The van der Waals surface area contributed by atoms with Crippen molar-refractivity contribution >= 4 is 11.6 Å². The van der Waals surface area contributed by atoms with Gasteiger partial charge < -0.3 is 24.6 Å². The Kier molecular flexibility index (Phi) is 7.01. The normalized spacial score (nSPS) is 18.7. The molecule has 11 heteroatoms. The van der Waals surface area contributed by atoms with Crippen LogP contribution in [-0.4, -0.2) is 73.3 Å². The van der Waals surface area contributed by atoms with Crippen LogP contribution in [0.2, 0.25) is 0 Å². The first-order valence-electron chi connectivity index (χ1n) is 13.9. The Morgan fingerprint density at radius 1 is 1.10 bits per heavy atom. The molecule has 0 unspecified atom stereocenters. The summed E-state index contributed by atoms with van der Waals surface area (Å²) in [7, 11) is 1.25. The maximum absolute atomic E-state index is 14.1. The summed E-state index contributed by atoms with van der Waals surface area (Å²) < 4.78 is 53.1. The molecule has 8 nitrogen and oxygen atoms in total. The van der Waals surface area contributed by atoms with Gasteiger partial charge in [0.15, 0.2) is 0 Å². The van der Waals surface area contributed by atoms with E-state index in [-0.39, 0.29) is 23.4 Å². The number of nitrogens with one attached hydrogen (secondary N) is 1. The fourth-order valence-electron chi connectivity index (χ4n) is 6.29. The predicted molar refractivity (Wildman–Crippen MR) is 147 cm³/mol. The van der Waals surface area contributed by atoms with Gasteiger partial charge in [-0.3, -0.25) is 4.79 Å². The van der Waals surface area contributed by atoms with Gasteiger partial charge >= 0.3 is 6.18 Å². The van der Waals surface area contributed by atoms with Crippen molar-refractivity contribution in [2.24, 2.45) is 0 Å². The van der Waals surface area contributed by atoms with Crippen molar-refractivity contribution in [2.45, 2.75) is 37.4 Å². The van der Waals surface area contributed by atoms with Crippen LogP contribution in [0.3, 0.4) is 0 Å². The number of alkyl halides is 3. The van der Waals surface area contributed by atoms with Crippen LogP contribution in [0.1, 0.15) is 41.4 Å². The third kappa shape index (κ3) is 4.75. The van der Waals surface area contributed by atoms with Crippen LogP contribution in [0.5, 0.6) is 11.6 Å². The van der Waals surface area contributed by atoms with Crippen molar-refractivity contribution in [2.75, 3.05) is 51.3 Å². The number of methoxy groups -OCH3 is 1. The number of fused-ring (bicyclic) bond motifs is 2. The lowest BCUT2D eigenvalue weighted by atomic mass is 9.69. The highest BCUT2D eigenvalue weighted by Crippen LogP contribution is 2.47. The number of carbonyl (C=O) groups is 1. The van der Waals surface area contributed by atoms with Gasteiger partial charge in [0, 0.05) is 44.3 Å². The molecule has 0 aliphatic carbocycles. The largest absolute Gasteiger partial charge is 0.496 e.